The number of hydrogen-bond donors (Lipinski definition) is 1. The van der Waals surface area contributed by atoms with Crippen LogP contribution < -0.4 is 10.1 Å². The maximum atomic E-state index is 5.78. The Balaban J connectivity index is 2.63. The molecule has 0 aliphatic rings. The van der Waals surface area contributed by atoms with Gasteiger partial charge in [-0.2, -0.15) is 0 Å². The first-order valence-corrected chi connectivity index (χ1v) is 7.00. The minimum absolute atomic E-state index is 0.576. The lowest BCUT2D eigenvalue weighted by atomic mass is 10.0. The van der Waals surface area contributed by atoms with Crippen molar-refractivity contribution >= 4 is 17.4 Å². The molecule has 1 aromatic heterocycles. The lowest BCUT2D eigenvalue weighted by molar-refractivity contribution is 0.324. The lowest BCUT2D eigenvalue weighted by Gasteiger charge is -2.16. The van der Waals surface area contributed by atoms with Crippen molar-refractivity contribution in [3.05, 3.63) is 11.9 Å². The van der Waals surface area contributed by atoms with Crippen LogP contribution in [0.5, 0.6) is 5.88 Å². The van der Waals surface area contributed by atoms with Gasteiger partial charge < -0.3 is 10.1 Å². The summed E-state index contributed by atoms with van der Waals surface area (Å²) in [4.78, 5) is 8.37. The van der Waals surface area contributed by atoms with E-state index in [1.807, 2.05) is 13.8 Å². The van der Waals surface area contributed by atoms with Gasteiger partial charge in [0.2, 0.25) is 5.88 Å². The molecule has 0 aliphatic heterocycles. The van der Waals surface area contributed by atoms with Gasteiger partial charge in [-0.1, -0.05) is 13.3 Å². The smallest absolute Gasteiger partial charge is 0.221 e. The molecule has 0 fully saturated rings. The van der Waals surface area contributed by atoms with Crippen LogP contribution >= 0.6 is 11.6 Å². The molecule has 0 aliphatic carbocycles. The number of nitrogens with zero attached hydrogens (tertiary/aromatic N) is 2. The van der Waals surface area contributed by atoms with E-state index in [4.69, 9.17) is 16.3 Å². The Kier molecular flexibility index (Phi) is 6.80. The maximum absolute atomic E-state index is 5.78. The van der Waals surface area contributed by atoms with Crippen molar-refractivity contribution in [2.75, 3.05) is 24.3 Å². The van der Waals surface area contributed by atoms with E-state index in [-0.39, 0.29) is 0 Å². The van der Waals surface area contributed by atoms with E-state index in [0.717, 1.165) is 30.8 Å². The maximum Gasteiger partial charge on any atom is 0.221 e. The van der Waals surface area contributed by atoms with Crippen LogP contribution in [0.4, 0.5) is 5.82 Å². The van der Waals surface area contributed by atoms with Crippen molar-refractivity contribution in [1.29, 1.82) is 0 Å². The molecular formula is C13H22ClN3O. The number of ether oxygens (including phenoxy) is 1. The molecule has 0 aromatic carbocycles. The molecule has 1 unspecified atom stereocenters. The number of rotatable bonds is 8. The van der Waals surface area contributed by atoms with Gasteiger partial charge in [-0.05, 0) is 26.2 Å². The quantitative estimate of drug-likeness (QED) is 0.738. The number of halogens is 1. The molecule has 1 atom stereocenters. The van der Waals surface area contributed by atoms with E-state index < -0.39 is 0 Å². The molecule has 1 N–H and O–H groups in total. The Morgan fingerprint density at radius 2 is 2.17 bits per heavy atom. The summed E-state index contributed by atoms with van der Waals surface area (Å²) >= 11 is 5.78. The summed E-state index contributed by atoms with van der Waals surface area (Å²) in [5, 5.41) is 3.36. The Hall–Kier alpha value is -1.03. The fourth-order valence-electron chi connectivity index (χ4n) is 1.74. The van der Waals surface area contributed by atoms with Gasteiger partial charge in [0, 0.05) is 12.4 Å². The number of aromatic nitrogens is 2. The molecule has 1 heterocycles. The normalized spacial score (nSPS) is 12.2. The second-order valence-electron chi connectivity index (χ2n) is 4.22. The monoisotopic (exact) mass is 271 g/mol. The molecule has 0 saturated carbocycles. The molecule has 4 nitrogen and oxygen atoms in total. The molecule has 1 rings (SSSR count). The third-order valence-corrected chi connectivity index (χ3v) is 3.19. The third kappa shape index (κ3) is 4.33. The molecule has 0 saturated heterocycles. The fourth-order valence-corrected chi connectivity index (χ4v) is 2.05. The van der Waals surface area contributed by atoms with E-state index in [0.29, 0.717) is 24.3 Å². The first-order chi connectivity index (χ1) is 8.72. The van der Waals surface area contributed by atoms with E-state index in [9.17, 15) is 0 Å². The summed E-state index contributed by atoms with van der Waals surface area (Å²) in [6.07, 6.45) is 3.67. The van der Waals surface area contributed by atoms with Crippen LogP contribution in [-0.4, -0.2) is 29.0 Å². The second kappa shape index (κ2) is 8.14. The van der Waals surface area contributed by atoms with E-state index in [1.165, 1.54) is 6.33 Å². The molecule has 5 heteroatoms. The molecule has 1 aromatic rings. The summed E-state index contributed by atoms with van der Waals surface area (Å²) in [7, 11) is 0. The highest BCUT2D eigenvalue weighted by molar-refractivity contribution is 6.17. The minimum atomic E-state index is 0.576. The van der Waals surface area contributed by atoms with Crippen LogP contribution in [0.2, 0.25) is 0 Å². The Morgan fingerprint density at radius 3 is 2.78 bits per heavy atom. The zero-order valence-corrected chi connectivity index (χ0v) is 12.1. The van der Waals surface area contributed by atoms with Crippen LogP contribution in [-0.2, 0) is 0 Å². The average molecular weight is 272 g/mol. The Morgan fingerprint density at radius 1 is 1.39 bits per heavy atom. The molecular weight excluding hydrogens is 250 g/mol. The molecule has 102 valence electrons. The molecule has 0 radical (unpaired) electrons. The van der Waals surface area contributed by atoms with Crippen molar-refractivity contribution in [1.82, 2.24) is 9.97 Å². The van der Waals surface area contributed by atoms with Gasteiger partial charge in [-0.15, -0.1) is 11.6 Å². The molecule has 0 amide bonds. The number of hydrogen-bond acceptors (Lipinski definition) is 4. The number of alkyl halides is 1. The van der Waals surface area contributed by atoms with Crippen molar-refractivity contribution in [2.24, 2.45) is 5.92 Å². The van der Waals surface area contributed by atoms with Crippen LogP contribution in [0, 0.1) is 12.8 Å². The number of nitrogens with one attached hydrogen (secondary N) is 1. The van der Waals surface area contributed by atoms with Crippen LogP contribution in [0.3, 0.4) is 0 Å². The third-order valence-electron chi connectivity index (χ3n) is 2.97. The number of anilines is 1. The first kappa shape index (κ1) is 15.0. The minimum Gasteiger partial charge on any atom is -0.478 e. The highest BCUT2D eigenvalue weighted by Crippen LogP contribution is 2.21. The molecule has 0 bridgehead atoms. The predicted octanol–water partition coefficient (Wildman–Crippen LogP) is 3.25. The molecule has 0 spiro atoms. The fraction of sp³-hybridized carbons (Fsp3) is 0.692. The van der Waals surface area contributed by atoms with E-state index >= 15 is 0 Å². The summed E-state index contributed by atoms with van der Waals surface area (Å²) in [5.74, 6) is 2.78. The zero-order valence-electron chi connectivity index (χ0n) is 11.4. The van der Waals surface area contributed by atoms with Gasteiger partial charge >= 0.3 is 0 Å². The summed E-state index contributed by atoms with van der Waals surface area (Å²) in [5.41, 5.74) is 0.958. The largest absolute Gasteiger partial charge is 0.478 e. The Labute approximate surface area is 114 Å². The van der Waals surface area contributed by atoms with Gasteiger partial charge in [-0.25, -0.2) is 9.97 Å². The van der Waals surface area contributed by atoms with Gasteiger partial charge in [0.05, 0.1) is 12.2 Å². The van der Waals surface area contributed by atoms with Crippen molar-refractivity contribution < 1.29 is 4.74 Å². The van der Waals surface area contributed by atoms with Gasteiger partial charge in [-0.3, -0.25) is 0 Å². The van der Waals surface area contributed by atoms with E-state index in [2.05, 4.69) is 22.2 Å². The molecule has 18 heavy (non-hydrogen) atoms. The summed E-state index contributed by atoms with van der Waals surface area (Å²) < 4.78 is 5.45. The van der Waals surface area contributed by atoms with Crippen LogP contribution in [0.15, 0.2) is 6.33 Å². The zero-order chi connectivity index (χ0) is 13.4. The summed E-state index contributed by atoms with van der Waals surface area (Å²) in [6.45, 7) is 7.59. The lowest BCUT2D eigenvalue weighted by Crippen LogP contribution is -2.16. The average Bonchev–Trinajstić information content (AvgIpc) is 2.38. The van der Waals surface area contributed by atoms with Crippen LogP contribution in [0.25, 0.3) is 0 Å². The second-order valence-corrected chi connectivity index (χ2v) is 4.60. The van der Waals surface area contributed by atoms with Gasteiger partial charge in [0.15, 0.2) is 0 Å². The van der Waals surface area contributed by atoms with Crippen molar-refractivity contribution in [2.45, 2.75) is 33.6 Å². The first-order valence-electron chi connectivity index (χ1n) is 6.47. The Bertz CT molecular complexity index is 360. The predicted molar refractivity (Wildman–Crippen MR) is 75.5 cm³/mol. The van der Waals surface area contributed by atoms with E-state index in [1.54, 1.807) is 0 Å². The van der Waals surface area contributed by atoms with Crippen LogP contribution in [0.1, 0.15) is 32.3 Å². The van der Waals surface area contributed by atoms with Gasteiger partial charge in [0.1, 0.15) is 12.1 Å². The SMILES string of the molecule is CCOc1ncnc(NCC(CC)CCCl)c1C. The highest BCUT2D eigenvalue weighted by atomic mass is 35.5. The topological polar surface area (TPSA) is 47.0 Å². The van der Waals surface area contributed by atoms with Gasteiger partial charge in [0.25, 0.3) is 0 Å². The summed E-state index contributed by atoms with van der Waals surface area (Å²) in [6, 6.07) is 0. The standard InChI is InChI=1S/C13H22ClN3O/c1-4-11(6-7-14)8-15-12-10(3)13(18-5-2)17-9-16-12/h9,11H,4-8H2,1-3H3,(H,15,16,17). The highest BCUT2D eigenvalue weighted by Gasteiger charge is 2.10. The van der Waals surface area contributed by atoms with Crippen molar-refractivity contribution in [3.63, 3.8) is 0 Å². The van der Waals surface area contributed by atoms with Crippen molar-refractivity contribution in [3.8, 4) is 5.88 Å².